The van der Waals surface area contributed by atoms with E-state index in [4.69, 9.17) is 10.5 Å². The van der Waals surface area contributed by atoms with E-state index in [1.54, 1.807) is 11.3 Å². The van der Waals surface area contributed by atoms with Gasteiger partial charge in [0.15, 0.2) is 5.96 Å². The second-order valence-electron chi connectivity index (χ2n) is 5.25. The van der Waals surface area contributed by atoms with Crippen LogP contribution in [0.4, 0.5) is 5.69 Å². The summed E-state index contributed by atoms with van der Waals surface area (Å²) in [6.45, 7) is 8.53. The molecule has 0 saturated heterocycles. The van der Waals surface area contributed by atoms with Crippen molar-refractivity contribution >= 4 is 23.0 Å². The van der Waals surface area contributed by atoms with E-state index in [-0.39, 0.29) is 6.10 Å². The molecule has 1 aromatic carbocycles. The summed E-state index contributed by atoms with van der Waals surface area (Å²) in [5.41, 5.74) is 7.77. The third-order valence-corrected chi connectivity index (χ3v) is 3.83. The van der Waals surface area contributed by atoms with Crippen LogP contribution in [0.2, 0.25) is 0 Å². The van der Waals surface area contributed by atoms with E-state index >= 15 is 0 Å². The van der Waals surface area contributed by atoms with Crippen LogP contribution in [-0.4, -0.2) is 17.0 Å². The quantitative estimate of drug-likeness (QED) is 0.654. The first-order chi connectivity index (χ1) is 10.4. The van der Waals surface area contributed by atoms with E-state index in [1.165, 1.54) is 4.88 Å². The van der Waals surface area contributed by atoms with Crippen molar-refractivity contribution in [2.24, 2.45) is 10.7 Å². The molecule has 2 aromatic rings. The number of aliphatic imine (C=N–C) groups is 1. The smallest absolute Gasteiger partial charge is 0.193 e. The maximum Gasteiger partial charge on any atom is 0.193 e. The number of thiazole rings is 1. The number of aryl methyl sites for hydroxylation is 2. The standard InChI is InChI=1S/C16H22N4OS/c1-10(2)21-14-7-5-13(6-8-14)20-16(17)18-9-15-11(3)22-12(4)19-15/h5-8,10H,9H2,1-4H3,(H3,17,18,20). The molecular formula is C16H22N4OS. The SMILES string of the molecule is Cc1nc(CN=C(N)Nc2ccc(OC(C)C)cc2)c(C)s1. The molecule has 1 aromatic heterocycles. The molecule has 2 rings (SSSR count). The Balaban J connectivity index is 1.94. The number of hydrogen-bond donors (Lipinski definition) is 2. The first-order valence-corrected chi connectivity index (χ1v) is 8.02. The van der Waals surface area contributed by atoms with E-state index < -0.39 is 0 Å². The predicted molar refractivity (Wildman–Crippen MR) is 92.7 cm³/mol. The molecule has 0 unspecified atom stereocenters. The third-order valence-electron chi connectivity index (χ3n) is 2.90. The Morgan fingerprint density at radius 2 is 2.00 bits per heavy atom. The Kier molecular flexibility index (Phi) is 5.38. The number of nitrogens with zero attached hydrogens (tertiary/aromatic N) is 2. The van der Waals surface area contributed by atoms with E-state index in [0.717, 1.165) is 22.1 Å². The number of benzene rings is 1. The van der Waals surface area contributed by atoms with Crippen LogP contribution in [0.15, 0.2) is 29.3 Å². The van der Waals surface area contributed by atoms with Crippen LogP contribution in [0.25, 0.3) is 0 Å². The summed E-state index contributed by atoms with van der Waals surface area (Å²) in [4.78, 5) is 9.96. The van der Waals surface area contributed by atoms with Crippen molar-refractivity contribution in [3.8, 4) is 5.75 Å². The molecule has 0 atom stereocenters. The Morgan fingerprint density at radius 1 is 1.32 bits per heavy atom. The molecule has 0 bridgehead atoms. The van der Waals surface area contributed by atoms with E-state index in [9.17, 15) is 0 Å². The molecule has 5 nitrogen and oxygen atoms in total. The normalized spacial score (nSPS) is 11.8. The predicted octanol–water partition coefficient (Wildman–Crippen LogP) is 3.47. The summed E-state index contributed by atoms with van der Waals surface area (Å²) < 4.78 is 5.60. The number of anilines is 1. The number of aromatic nitrogens is 1. The van der Waals surface area contributed by atoms with Crippen molar-refractivity contribution in [3.05, 3.63) is 39.8 Å². The molecule has 0 aliphatic carbocycles. The summed E-state index contributed by atoms with van der Waals surface area (Å²) in [7, 11) is 0. The minimum Gasteiger partial charge on any atom is -0.491 e. The Hall–Kier alpha value is -2.08. The van der Waals surface area contributed by atoms with Gasteiger partial charge in [0.1, 0.15) is 5.75 Å². The van der Waals surface area contributed by atoms with Gasteiger partial charge in [0.2, 0.25) is 0 Å². The highest BCUT2D eigenvalue weighted by molar-refractivity contribution is 7.11. The second kappa shape index (κ2) is 7.26. The minimum atomic E-state index is 0.162. The van der Waals surface area contributed by atoms with Gasteiger partial charge < -0.3 is 15.8 Å². The fourth-order valence-electron chi connectivity index (χ4n) is 1.96. The zero-order valence-corrected chi connectivity index (χ0v) is 14.2. The van der Waals surface area contributed by atoms with Crippen molar-refractivity contribution in [1.29, 1.82) is 0 Å². The highest BCUT2D eigenvalue weighted by Crippen LogP contribution is 2.18. The molecule has 1 heterocycles. The number of hydrogen-bond acceptors (Lipinski definition) is 4. The summed E-state index contributed by atoms with van der Waals surface area (Å²) in [5.74, 6) is 1.22. The molecule has 0 radical (unpaired) electrons. The number of rotatable bonds is 5. The zero-order chi connectivity index (χ0) is 16.1. The monoisotopic (exact) mass is 318 g/mol. The Morgan fingerprint density at radius 3 is 2.55 bits per heavy atom. The fraction of sp³-hybridized carbons (Fsp3) is 0.375. The van der Waals surface area contributed by atoms with Gasteiger partial charge >= 0.3 is 0 Å². The molecule has 0 fully saturated rings. The van der Waals surface area contributed by atoms with Gasteiger partial charge in [-0.05, 0) is 52.0 Å². The van der Waals surface area contributed by atoms with Crippen molar-refractivity contribution in [2.75, 3.05) is 5.32 Å². The van der Waals surface area contributed by atoms with Crippen molar-refractivity contribution in [1.82, 2.24) is 4.98 Å². The van der Waals surface area contributed by atoms with Gasteiger partial charge in [-0.25, -0.2) is 9.98 Å². The third kappa shape index (κ3) is 4.73. The maximum atomic E-state index is 5.91. The minimum absolute atomic E-state index is 0.162. The first-order valence-electron chi connectivity index (χ1n) is 7.20. The molecule has 0 saturated carbocycles. The van der Waals surface area contributed by atoms with E-state index in [1.807, 2.05) is 52.0 Å². The lowest BCUT2D eigenvalue weighted by Gasteiger charge is -2.10. The van der Waals surface area contributed by atoms with Gasteiger partial charge in [0.25, 0.3) is 0 Å². The zero-order valence-electron chi connectivity index (χ0n) is 13.4. The number of nitrogens with one attached hydrogen (secondary N) is 1. The van der Waals surface area contributed by atoms with Gasteiger partial charge in [0.05, 0.1) is 23.4 Å². The van der Waals surface area contributed by atoms with Crippen molar-refractivity contribution < 1.29 is 4.74 Å². The Labute approximate surface area is 135 Å². The largest absolute Gasteiger partial charge is 0.491 e. The van der Waals surface area contributed by atoms with Crippen LogP contribution < -0.4 is 15.8 Å². The summed E-state index contributed by atoms with van der Waals surface area (Å²) in [6.07, 6.45) is 0.162. The van der Waals surface area contributed by atoms with Crippen LogP contribution in [-0.2, 0) is 6.54 Å². The maximum absolute atomic E-state index is 5.91. The highest BCUT2D eigenvalue weighted by atomic mass is 32.1. The molecule has 118 valence electrons. The van der Waals surface area contributed by atoms with Crippen molar-refractivity contribution in [2.45, 2.75) is 40.3 Å². The molecule has 0 amide bonds. The fourth-order valence-corrected chi connectivity index (χ4v) is 2.78. The van der Waals surface area contributed by atoms with Crippen LogP contribution in [0.3, 0.4) is 0 Å². The molecule has 0 spiro atoms. The van der Waals surface area contributed by atoms with Gasteiger partial charge in [-0.2, -0.15) is 0 Å². The van der Waals surface area contributed by atoms with Crippen LogP contribution in [0.5, 0.6) is 5.75 Å². The first kappa shape index (κ1) is 16.3. The lowest BCUT2D eigenvalue weighted by molar-refractivity contribution is 0.242. The highest BCUT2D eigenvalue weighted by Gasteiger charge is 2.04. The molecule has 0 aliphatic rings. The van der Waals surface area contributed by atoms with Crippen molar-refractivity contribution in [3.63, 3.8) is 0 Å². The van der Waals surface area contributed by atoms with Crippen LogP contribution in [0.1, 0.15) is 29.4 Å². The molecule has 22 heavy (non-hydrogen) atoms. The van der Waals surface area contributed by atoms with Crippen LogP contribution >= 0.6 is 11.3 Å². The molecule has 6 heteroatoms. The molecule has 0 aliphatic heterocycles. The van der Waals surface area contributed by atoms with Gasteiger partial charge in [-0.1, -0.05) is 0 Å². The second-order valence-corrected chi connectivity index (χ2v) is 6.66. The average molecular weight is 318 g/mol. The van der Waals surface area contributed by atoms with Gasteiger partial charge in [-0.3, -0.25) is 0 Å². The average Bonchev–Trinajstić information content (AvgIpc) is 2.76. The number of nitrogens with two attached hydrogens (primary N) is 1. The number of ether oxygens (including phenoxy) is 1. The topological polar surface area (TPSA) is 72.5 Å². The van der Waals surface area contributed by atoms with Gasteiger partial charge in [0, 0.05) is 10.6 Å². The van der Waals surface area contributed by atoms with E-state index in [2.05, 4.69) is 15.3 Å². The van der Waals surface area contributed by atoms with E-state index in [0.29, 0.717) is 12.5 Å². The Bertz CT molecular complexity index is 647. The summed E-state index contributed by atoms with van der Waals surface area (Å²) in [5, 5.41) is 4.12. The lowest BCUT2D eigenvalue weighted by atomic mass is 10.3. The van der Waals surface area contributed by atoms with Crippen LogP contribution in [0, 0.1) is 13.8 Å². The molecule has 3 N–H and O–H groups in total. The van der Waals surface area contributed by atoms with Gasteiger partial charge in [-0.15, -0.1) is 11.3 Å². The number of guanidine groups is 1. The summed E-state index contributed by atoms with van der Waals surface area (Å²) >= 11 is 1.68. The lowest BCUT2D eigenvalue weighted by Crippen LogP contribution is -2.22. The molecular weight excluding hydrogens is 296 g/mol. The summed E-state index contributed by atoms with van der Waals surface area (Å²) in [6, 6.07) is 7.64.